The van der Waals surface area contributed by atoms with Crippen molar-refractivity contribution in [2.45, 2.75) is 50.5 Å². The van der Waals surface area contributed by atoms with Crippen molar-refractivity contribution in [1.29, 1.82) is 0 Å². The minimum absolute atomic E-state index is 0.129. The monoisotopic (exact) mass is 640 g/mol. The number of hydrogen-bond donors (Lipinski definition) is 1. The van der Waals surface area contributed by atoms with Gasteiger partial charge in [-0.1, -0.05) is 46.3 Å². The van der Waals surface area contributed by atoms with Gasteiger partial charge in [-0.05, 0) is 121 Å². The summed E-state index contributed by atoms with van der Waals surface area (Å²) in [6.07, 6.45) is 9.30. The quantitative estimate of drug-likeness (QED) is 0.219. The van der Waals surface area contributed by atoms with Gasteiger partial charge in [-0.3, -0.25) is 14.9 Å². The van der Waals surface area contributed by atoms with Crippen LogP contribution in [0, 0.1) is 17.8 Å². The van der Waals surface area contributed by atoms with Crippen molar-refractivity contribution in [2.24, 2.45) is 17.8 Å². The standard InChI is InChI=1S/C35H33BrN2O5/c1-42-31-16-22(4-11-30(31)43-20-21-2-7-27(36)8-3-21)15-29-32(39)37-34(41)38(33(29)40)28-9-5-26(6-10-28)35-17-23-12-24(18-35)14-25(13-23)19-35/h2-11,15-16,23-25H,12-14,17-20H2,1H3,(H,37,39,41)/b29-15+. The van der Waals surface area contributed by atoms with E-state index in [2.05, 4.69) is 33.4 Å². The van der Waals surface area contributed by atoms with Gasteiger partial charge in [0.2, 0.25) is 0 Å². The first-order valence-corrected chi connectivity index (χ1v) is 15.7. The molecule has 3 aromatic carbocycles. The lowest BCUT2D eigenvalue weighted by Gasteiger charge is -2.57. The van der Waals surface area contributed by atoms with E-state index in [1.54, 1.807) is 18.2 Å². The molecule has 1 saturated heterocycles. The Morgan fingerprint density at radius 3 is 2.16 bits per heavy atom. The van der Waals surface area contributed by atoms with E-state index in [4.69, 9.17) is 9.47 Å². The van der Waals surface area contributed by atoms with Gasteiger partial charge in [0.1, 0.15) is 12.2 Å². The van der Waals surface area contributed by atoms with E-state index in [0.717, 1.165) is 32.7 Å². The molecule has 5 fully saturated rings. The number of methoxy groups -OCH3 is 1. The lowest BCUT2D eigenvalue weighted by molar-refractivity contribution is -0.122. The summed E-state index contributed by atoms with van der Waals surface area (Å²) in [7, 11) is 1.53. The Morgan fingerprint density at radius 1 is 0.884 bits per heavy atom. The number of amides is 4. The summed E-state index contributed by atoms with van der Waals surface area (Å²) in [6.45, 7) is 0.351. The second-order valence-electron chi connectivity index (χ2n) is 12.5. The predicted octanol–water partition coefficient (Wildman–Crippen LogP) is 7.17. The van der Waals surface area contributed by atoms with Crippen LogP contribution in [0.2, 0.25) is 0 Å². The Bertz CT molecular complexity index is 1590. The summed E-state index contributed by atoms with van der Waals surface area (Å²) in [6, 6.07) is 20.1. The molecule has 3 aromatic rings. The number of imide groups is 2. The molecule has 4 bridgehead atoms. The maximum absolute atomic E-state index is 13.6. The fourth-order valence-corrected chi connectivity index (χ4v) is 8.39. The van der Waals surface area contributed by atoms with Gasteiger partial charge < -0.3 is 9.47 Å². The molecule has 43 heavy (non-hydrogen) atoms. The highest BCUT2D eigenvalue weighted by Crippen LogP contribution is 2.60. The predicted molar refractivity (Wildman–Crippen MR) is 167 cm³/mol. The van der Waals surface area contributed by atoms with E-state index in [1.807, 2.05) is 36.4 Å². The summed E-state index contributed by atoms with van der Waals surface area (Å²) in [5.74, 6) is 2.07. The van der Waals surface area contributed by atoms with Crippen LogP contribution >= 0.6 is 15.9 Å². The first-order chi connectivity index (χ1) is 20.8. The molecule has 0 aromatic heterocycles. The third kappa shape index (κ3) is 5.26. The van der Waals surface area contributed by atoms with Crippen molar-refractivity contribution in [3.8, 4) is 11.5 Å². The fraction of sp³-hybridized carbons (Fsp3) is 0.343. The smallest absolute Gasteiger partial charge is 0.335 e. The molecule has 8 heteroatoms. The molecule has 7 nitrogen and oxygen atoms in total. The van der Waals surface area contributed by atoms with E-state index in [1.165, 1.54) is 57.3 Å². The number of carbonyl (C=O) groups excluding carboxylic acids is 3. The number of anilines is 1. The molecule has 8 rings (SSSR count). The number of carbonyl (C=O) groups is 3. The molecule has 0 unspecified atom stereocenters. The number of nitrogens with one attached hydrogen (secondary N) is 1. The van der Waals surface area contributed by atoms with Gasteiger partial charge in [0.25, 0.3) is 11.8 Å². The Labute approximate surface area is 259 Å². The molecular weight excluding hydrogens is 608 g/mol. The molecule has 0 spiro atoms. The van der Waals surface area contributed by atoms with Crippen molar-refractivity contribution in [2.75, 3.05) is 12.0 Å². The lowest BCUT2D eigenvalue weighted by atomic mass is 9.48. The second-order valence-corrected chi connectivity index (χ2v) is 13.4. The fourth-order valence-electron chi connectivity index (χ4n) is 8.12. The number of rotatable bonds is 7. The molecule has 4 amide bonds. The van der Waals surface area contributed by atoms with Gasteiger partial charge in [-0.15, -0.1) is 0 Å². The number of urea groups is 1. The van der Waals surface area contributed by atoms with Crippen molar-refractivity contribution in [1.82, 2.24) is 5.32 Å². The van der Waals surface area contributed by atoms with Gasteiger partial charge >= 0.3 is 6.03 Å². The van der Waals surface area contributed by atoms with Crippen molar-refractivity contribution < 1.29 is 23.9 Å². The lowest BCUT2D eigenvalue weighted by Crippen LogP contribution is -2.54. The second kappa shape index (κ2) is 11.0. The molecule has 4 saturated carbocycles. The summed E-state index contributed by atoms with van der Waals surface area (Å²) in [5.41, 5.74) is 3.41. The van der Waals surface area contributed by atoms with Gasteiger partial charge in [0, 0.05) is 4.47 Å². The van der Waals surface area contributed by atoms with E-state index >= 15 is 0 Å². The first-order valence-electron chi connectivity index (χ1n) is 14.9. The minimum atomic E-state index is -0.746. The zero-order chi connectivity index (χ0) is 29.7. The van der Waals surface area contributed by atoms with Crippen molar-refractivity contribution in [3.05, 3.63) is 93.5 Å². The third-order valence-electron chi connectivity index (χ3n) is 9.68. The van der Waals surface area contributed by atoms with Crippen LogP contribution in [0.25, 0.3) is 6.08 Å². The normalized spacial score (nSPS) is 27.0. The maximum Gasteiger partial charge on any atom is 0.335 e. The summed E-state index contributed by atoms with van der Waals surface area (Å²) < 4.78 is 12.5. The number of halogens is 1. The van der Waals surface area contributed by atoms with Crippen LogP contribution in [0.15, 0.2) is 76.8 Å². The minimum Gasteiger partial charge on any atom is -0.493 e. The van der Waals surface area contributed by atoms with Crippen molar-refractivity contribution >= 4 is 45.5 Å². The van der Waals surface area contributed by atoms with Gasteiger partial charge in [0.05, 0.1) is 12.8 Å². The van der Waals surface area contributed by atoms with Crippen LogP contribution in [0.4, 0.5) is 10.5 Å². The highest BCUT2D eigenvalue weighted by Gasteiger charge is 2.51. The molecule has 5 aliphatic rings. The molecule has 1 aliphatic heterocycles. The highest BCUT2D eigenvalue weighted by atomic mass is 79.9. The number of ether oxygens (including phenoxy) is 2. The van der Waals surface area contributed by atoms with Crippen LogP contribution < -0.4 is 19.7 Å². The average Bonchev–Trinajstić information content (AvgIpc) is 2.99. The van der Waals surface area contributed by atoms with E-state index in [9.17, 15) is 14.4 Å². The molecule has 1 heterocycles. The molecule has 0 atom stereocenters. The summed E-state index contributed by atoms with van der Waals surface area (Å²) in [4.78, 5) is 40.3. The topological polar surface area (TPSA) is 84.9 Å². The molecule has 4 aliphatic carbocycles. The van der Waals surface area contributed by atoms with Crippen LogP contribution in [-0.4, -0.2) is 25.0 Å². The SMILES string of the molecule is COc1cc(/C=C2\C(=O)NC(=O)N(c3ccc(C45CC6CC(CC(C6)C4)C5)cc3)C2=O)ccc1OCc1ccc(Br)cc1. The summed E-state index contributed by atoms with van der Waals surface area (Å²) in [5, 5.41) is 2.33. The summed E-state index contributed by atoms with van der Waals surface area (Å²) >= 11 is 3.43. The Kier molecular flexibility index (Phi) is 7.12. The van der Waals surface area contributed by atoms with Crippen LogP contribution in [0.5, 0.6) is 11.5 Å². The van der Waals surface area contributed by atoms with Gasteiger partial charge in [0.15, 0.2) is 11.5 Å². The van der Waals surface area contributed by atoms with Crippen LogP contribution in [0.1, 0.15) is 55.2 Å². The number of hydrogen-bond acceptors (Lipinski definition) is 5. The molecular formula is C35H33BrN2O5. The van der Waals surface area contributed by atoms with E-state index in [0.29, 0.717) is 29.4 Å². The van der Waals surface area contributed by atoms with E-state index < -0.39 is 17.8 Å². The Balaban J connectivity index is 1.10. The molecule has 220 valence electrons. The number of barbiturate groups is 1. The third-order valence-corrected chi connectivity index (χ3v) is 10.2. The molecule has 0 radical (unpaired) electrons. The first kappa shape index (κ1) is 27.9. The zero-order valence-corrected chi connectivity index (χ0v) is 25.6. The van der Waals surface area contributed by atoms with Crippen LogP contribution in [0.3, 0.4) is 0 Å². The Hall–Kier alpha value is -3.91. The molecule has 1 N–H and O–H groups in total. The number of nitrogens with zero attached hydrogens (tertiary/aromatic N) is 1. The maximum atomic E-state index is 13.6. The Morgan fingerprint density at radius 2 is 1.53 bits per heavy atom. The highest BCUT2D eigenvalue weighted by molar-refractivity contribution is 9.10. The van der Waals surface area contributed by atoms with Gasteiger partial charge in [-0.2, -0.15) is 0 Å². The van der Waals surface area contributed by atoms with E-state index in [-0.39, 0.29) is 11.0 Å². The van der Waals surface area contributed by atoms with Crippen molar-refractivity contribution in [3.63, 3.8) is 0 Å². The average molecular weight is 642 g/mol. The largest absolute Gasteiger partial charge is 0.493 e. The zero-order valence-electron chi connectivity index (χ0n) is 24.0. The number of benzene rings is 3. The van der Waals surface area contributed by atoms with Gasteiger partial charge in [-0.25, -0.2) is 9.69 Å². The van der Waals surface area contributed by atoms with Crippen LogP contribution in [-0.2, 0) is 21.6 Å².